The minimum Gasteiger partial charge on any atom is -0.503 e. The number of ether oxygens (including phenoxy) is 1. The van der Waals surface area contributed by atoms with Gasteiger partial charge in [0.2, 0.25) is 6.86 Å². The Hall–Kier alpha value is -0.840. The van der Waals surface area contributed by atoms with E-state index in [0.717, 1.165) is 12.1 Å². The molecule has 0 amide bonds. The molecule has 5 heteroatoms. The summed E-state index contributed by atoms with van der Waals surface area (Å²) in [5.74, 6) is -1.14. The van der Waals surface area contributed by atoms with Gasteiger partial charge in [-0.25, -0.2) is 8.78 Å². The highest BCUT2D eigenvalue weighted by Crippen LogP contribution is 2.34. The molecule has 0 aromatic heterocycles. The summed E-state index contributed by atoms with van der Waals surface area (Å²) in [7, 11) is 0. The summed E-state index contributed by atoms with van der Waals surface area (Å²) in [5, 5.41) is 9.15. The normalized spacial score (nSPS) is 9.92. The van der Waals surface area contributed by atoms with Gasteiger partial charge in [0.1, 0.15) is 5.82 Å². The van der Waals surface area contributed by atoms with Gasteiger partial charge >= 0.3 is 0 Å². The van der Waals surface area contributed by atoms with Crippen LogP contribution in [0.2, 0.25) is 0 Å². The second kappa shape index (κ2) is 3.71. The molecule has 1 aromatic carbocycles. The number of phenolic OH excluding ortho intramolecular Hbond substituents is 1. The number of benzene rings is 1. The van der Waals surface area contributed by atoms with E-state index in [1.54, 1.807) is 0 Å². The Bertz CT molecular complexity index is 291. The van der Waals surface area contributed by atoms with Crippen LogP contribution in [0.15, 0.2) is 16.6 Å². The van der Waals surface area contributed by atoms with Crippen LogP contribution in [0.3, 0.4) is 0 Å². The molecule has 0 aliphatic rings. The van der Waals surface area contributed by atoms with Crippen LogP contribution in [0.25, 0.3) is 0 Å². The van der Waals surface area contributed by atoms with E-state index in [4.69, 9.17) is 5.11 Å². The van der Waals surface area contributed by atoms with Gasteiger partial charge in [0.25, 0.3) is 0 Å². The number of halogens is 3. The van der Waals surface area contributed by atoms with Crippen molar-refractivity contribution in [3.8, 4) is 11.5 Å². The molecule has 0 fully saturated rings. The first-order valence-corrected chi connectivity index (χ1v) is 3.81. The van der Waals surface area contributed by atoms with E-state index in [-0.39, 0.29) is 16.0 Å². The summed E-state index contributed by atoms with van der Waals surface area (Å²) in [6.45, 7) is -1.11. The fourth-order valence-corrected chi connectivity index (χ4v) is 1.13. The van der Waals surface area contributed by atoms with Crippen molar-refractivity contribution in [3.63, 3.8) is 0 Å². The molecule has 0 radical (unpaired) electrons. The van der Waals surface area contributed by atoms with Crippen molar-refractivity contribution in [1.29, 1.82) is 0 Å². The molecule has 0 bridgehead atoms. The molecule has 1 rings (SSSR count). The first-order valence-electron chi connectivity index (χ1n) is 3.02. The molecule has 0 heterocycles. The molecule has 2 nitrogen and oxygen atoms in total. The molecule has 12 heavy (non-hydrogen) atoms. The molecule has 66 valence electrons. The lowest BCUT2D eigenvalue weighted by atomic mass is 10.3. The lowest BCUT2D eigenvalue weighted by Gasteiger charge is -2.05. The van der Waals surface area contributed by atoms with Crippen LogP contribution in [-0.2, 0) is 0 Å². The Labute approximate surface area is 75.9 Å². The van der Waals surface area contributed by atoms with Crippen molar-refractivity contribution >= 4 is 15.9 Å². The van der Waals surface area contributed by atoms with Crippen molar-refractivity contribution in [1.82, 2.24) is 0 Å². The number of alkyl halides is 1. The van der Waals surface area contributed by atoms with E-state index in [0.29, 0.717) is 0 Å². The van der Waals surface area contributed by atoms with Gasteiger partial charge in [0.05, 0.1) is 4.47 Å². The average molecular weight is 239 g/mol. The molecule has 1 N–H and O–H groups in total. The van der Waals surface area contributed by atoms with Gasteiger partial charge in [0, 0.05) is 6.07 Å². The first kappa shape index (κ1) is 9.25. The topological polar surface area (TPSA) is 29.5 Å². The van der Waals surface area contributed by atoms with Crippen LogP contribution in [0.1, 0.15) is 0 Å². The Balaban J connectivity index is 3.09. The van der Waals surface area contributed by atoms with Gasteiger partial charge in [0.15, 0.2) is 11.5 Å². The fourth-order valence-electron chi connectivity index (χ4n) is 0.711. The SMILES string of the molecule is Oc1c(Br)cc(F)cc1OCF. The lowest BCUT2D eigenvalue weighted by molar-refractivity contribution is 0.184. The molecule has 0 unspecified atom stereocenters. The molecular weight excluding hydrogens is 234 g/mol. The Morgan fingerprint density at radius 1 is 1.50 bits per heavy atom. The predicted molar refractivity (Wildman–Crippen MR) is 42.4 cm³/mol. The first-order chi connectivity index (χ1) is 5.65. The largest absolute Gasteiger partial charge is 0.503 e. The van der Waals surface area contributed by atoms with E-state index in [1.165, 1.54) is 0 Å². The molecule has 0 atom stereocenters. The van der Waals surface area contributed by atoms with Gasteiger partial charge in [-0.2, -0.15) is 0 Å². The van der Waals surface area contributed by atoms with Crippen LogP contribution in [0, 0.1) is 5.82 Å². The Kier molecular flexibility index (Phi) is 2.86. The number of phenols is 1. The standard InChI is InChI=1S/C7H5BrF2O2/c8-5-1-4(10)2-6(7(5)11)12-3-9/h1-2,11H,3H2. The predicted octanol–water partition coefficient (Wildman–Crippen LogP) is 2.60. The smallest absolute Gasteiger partial charge is 0.228 e. The Morgan fingerprint density at radius 3 is 2.75 bits per heavy atom. The summed E-state index contributed by atoms with van der Waals surface area (Å²) < 4.78 is 28.7. The molecule has 0 saturated carbocycles. The maximum atomic E-state index is 12.6. The highest BCUT2D eigenvalue weighted by Gasteiger charge is 2.08. The van der Waals surface area contributed by atoms with Gasteiger partial charge < -0.3 is 9.84 Å². The maximum absolute atomic E-state index is 12.6. The summed E-state index contributed by atoms with van der Waals surface area (Å²) >= 11 is 2.87. The maximum Gasteiger partial charge on any atom is 0.228 e. The molecular formula is C7H5BrF2O2. The van der Waals surface area contributed by atoms with E-state index in [1.807, 2.05) is 0 Å². The number of hydrogen-bond acceptors (Lipinski definition) is 2. The second-order valence-electron chi connectivity index (χ2n) is 1.99. The minimum absolute atomic E-state index is 0.131. The van der Waals surface area contributed by atoms with Crippen molar-refractivity contribution in [2.75, 3.05) is 6.86 Å². The van der Waals surface area contributed by atoms with Crippen LogP contribution in [0.4, 0.5) is 8.78 Å². The fraction of sp³-hybridized carbons (Fsp3) is 0.143. The molecule has 0 aliphatic carbocycles. The van der Waals surface area contributed by atoms with Crippen molar-refractivity contribution in [2.24, 2.45) is 0 Å². The highest BCUT2D eigenvalue weighted by atomic mass is 79.9. The second-order valence-corrected chi connectivity index (χ2v) is 2.84. The lowest BCUT2D eigenvalue weighted by Crippen LogP contribution is -1.91. The third kappa shape index (κ3) is 1.85. The zero-order valence-electron chi connectivity index (χ0n) is 5.85. The molecule has 0 spiro atoms. The van der Waals surface area contributed by atoms with Gasteiger partial charge in [-0.3, -0.25) is 0 Å². The molecule has 0 aliphatic heterocycles. The zero-order valence-corrected chi connectivity index (χ0v) is 7.44. The van der Waals surface area contributed by atoms with Crippen molar-refractivity contribution in [3.05, 3.63) is 22.4 Å². The summed E-state index contributed by atoms with van der Waals surface area (Å²) in [6, 6.07) is 1.96. The molecule has 0 saturated heterocycles. The third-order valence-electron chi connectivity index (χ3n) is 1.20. The van der Waals surface area contributed by atoms with E-state index in [2.05, 4.69) is 20.7 Å². The number of rotatable bonds is 2. The summed E-state index contributed by atoms with van der Waals surface area (Å²) in [4.78, 5) is 0. The van der Waals surface area contributed by atoms with Crippen LogP contribution < -0.4 is 4.74 Å². The van der Waals surface area contributed by atoms with Gasteiger partial charge in [-0.1, -0.05) is 0 Å². The van der Waals surface area contributed by atoms with Gasteiger partial charge in [-0.05, 0) is 22.0 Å². The quantitative estimate of drug-likeness (QED) is 0.859. The summed E-state index contributed by atoms with van der Waals surface area (Å²) in [5.41, 5.74) is 0. The molecule has 1 aromatic rings. The third-order valence-corrected chi connectivity index (χ3v) is 1.81. The van der Waals surface area contributed by atoms with Crippen LogP contribution in [-0.4, -0.2) is 12.0 Å². The minimum atomic E-state index is -1.11. The van der Waals surface area contributed by atoms with Crippen LogP contribution >= 0.6 is 15.9 Å². The van der Waals surface area contributed by atoms with Crippen molar-refractivity contribution in [2.45, 2.75) is 0 Å². The van der Waals surface area contributed by atoms with Gasteiger partial charge in [-0.15, -0.1) is 0 Å². The Morgan fingerprint density at radius 2 is 2.17 bits per heavy atom. The van der Waals surface area contributed by atoms with Crippen molar-refractivity contribution < 1.29 is 18.6 Å². The number of aromatic hydroxyl groups is 1. The highest BCUT2D eigenvalue weighted by molar-refractivity contribution is 9.10. The zero-order chi connectivity index (χ0) is 9.14. The van der Waals surface area contributed by atoms with E-state index >= 15 is 0 Å². The number of hydrogen-bond donors (Lipinski definition) is 1. The monoisotopic (exact) mass is 238 g/mol. The van der Waals surface area contributed by atoms with E-state index in [9.17, 15) is 8.78 Å². The average Bonchev–Trinajstić information content (AvgIpc) is 2.00. The van der Waals surface area contributed by atoms with E-state index < -0.39 is 12.7 Å². The summed E-state index contributed by atoms with van der Waals surface area (Å²) in [6.07, 6.45) is 0. The van der Waals surface area contributed by atoms with Crippen LogP contribution in [0.5, 0.6) is 11.5 Å².